The summed E-state index contributed by atoms with van der Waals surface area (Å²) >= 11 is 0. The Balaban J connectivity index is 2.01. The van der Waals surface area contributed by atoms with Crippen LogP contribution in [0.5, 0.6) is 0 Å². The smallest absolute Gasteiger partial charge is 0.354 e. The molecule has 0 atom stereocenters. The fraction of sp³-hybridized carbons (Fsp3) is 0.333. The van der Waals surface area contributed by atoms with Gasteiger partial charge in [-0.05, 0) is 19.4 Å². The highest BCUT2D eigenvalue weighted by Gasteiger charge is 2.14. The van der Waals surface area contributed by atoms with Gasteiger partial charge in [-0.25, -0.2) is 4.79 Å². The van der Waals surface area contributed by atoms with Crippen LogP contribution in [0.25, 0.3) is 0 Å². The van der Waals surface area contributed by atoms with E-state index in [0.29, 0.717) is 18.7 Å². The molecule has 0 aliphatic carbocycles. The standard InChI is InChI=1S/C15H19N3O2/c1-10-4-11(2)6-12(5-10)7-16-8-13-9-17-18(3)14(13)15(19)20/h4-6,9,16H,7-8H2,1-3H3,(H,19,20). The maximum absolute atomic E-state index is 11.1. The average molecular weight is 273 g/mol. The fourth-order valence-corrected chi connectivity index (χ4v) is 2.40. The average Bonchev–Trinajstić information content (AvgIpc) is 2.69. The number of benzene rings is 1. The van der Waals surface area contributed by atoms with Crippen LogP contribution in [0.4, 0.5) is 0 Å². The molecule has 0 saturated carbocycles. The molecule has 5 nitrogen and oxygen atoms in total. The predicted octanol–water partition coefficient (Wildman–Crippen LogP) is 2.02. The first-order chi connectivity index (χ1) is 9.47. The molecule has 0 saturated heterocycles. The number of hydrogen-bond acceptors (Lipinski definition) is 3. The molecule has 0 spiro atoms. The van der Waals surface area contributed by atoms with Crippen LogP contribution >= 0.6 is 0 Å². The zero-order chi connectivity index (χ0) is 14.7. The summed E-state index contributed by atoms with van der Waals surface area (Å²) in [6.07, 6.45) is 1.60. The topological polar surface area (TPSA) is 67.2 Å². The third kappa shape index (κ3) is 3.24. The minimum absolute atomic E-state index is 0.234. The molecule has 1 heterocycles. The van der Waals surface area contributed by atoms with E-state index in [0.717, 1.165) is 0 Å². The maximum atomic E-state index is 11.1. The van der Waals surface area contributed by atoms with Crippen molar-refractivity contribution in [1.82, 2.24) is 15.1 Å². The van der Waals surface area contributed by atoms with Crippen molar-refractivity contribution in [3.63, 3.8) is 0 Å². The predicted molar refractivity (Wildman–Crippen MR) is 76.6 cm³/mol. The van der Waals surface area contributed by atoms with Gasteiger partial charge in [-0.3, -0.25) is 4.68 Å². The molecule has 2 aromatic rings. The van der Waals surface area contributed by atoms with Crippen LogP contribution in [0.2, 0.25) is 0 Å². The van der Waals surface area contributed by atoms with Gasteiger partial charge in [0, 0.05) is 25.7 Å². The number of aryl methyl sites for hydroxylation is 3. The minimum Gasteiger partial charge on any atom is -0.477 e. The van der Waals surface area contributed by atoms with Gasteiger partial charge in [-0.1, -0.05) is 29.3 Å². The van der Waals surface area contributed by atoms with Crippen molar-refractivity contribution in [2.45, 2.75) is 26.9 Å². The maximum Gasteiger partial charge on any atom is 0.354 e. The third-order valence-corrected chi connectivity index (χ3v) is 3.14. The lowest BCUT2D eigenvalue weighted by atomic mass is 10.1. The quantitative estimate of drug-likeness (QED) is 0.874. The van der Waals surface area contributed by atoms with Crippen LogP contribution in [0.3, 0.4) is 0 Å². The summed E-state index contributed by atoms with van der Waals surface area (Å²) in [5, 5.41) is 16.4. The molecule has 5 heteroatoms. The second kappa shape index (κ2) is 5.88. The number of carboxylic acid groups (broad SMARTS) is 1. The van der Waals surface area contributed by atoms with Gasteiger partial charge in [-0.15, -0.1) is 0 Å². The lowest BCUT2D eigenvalue weighted by Crippen LogP contribution is -2.16. The molecule has 1 aromatic heterocycles. The van der Waals surface area contributed by atoms with Crippen molar-refractivity contribution < 1.29 is 9.90 Å². The number of carboxylic acids is 1. The Hall–Kier alpha value is -2.14. The van der Waals surface area contributed by atoms with E-state index >= 15 is 0 Å². The molecule has 0 aliphatic rings. The van der Waals surface area contributed by atoms with E-state index in [1.165, 1.54) is 21.4 Å². The lowest BCUT2D eigenvalue weighted by molar-refractivity contribution is 0.0683. The summed E-state index contributed by atoms with van der Waals surface area (Å²) in [6, 6.07) is 6.38. The van der Waals surface area contributed by atoms with E-state index in [4.69, 9.17) is 5.11 Å². The molecule has 0 bridgehead atoms. The Kier molecular flexibility index (Phi) is 4.20. The van der Waals surface area contributed by atoms with Crippen molar-refractivity contribution in [2.24, 2.45) is 7.05 Å². The second-order valence-electron chi connectivity index (χ2n) is 5.05. The molecule has 0 fully saturated rings. The van der Waals surface area contributed by atoms with Gasteiger partial charge in [0.1, 0.15) is 5.69 Å². The third-order valence-electron chi connectivity index (χ3n) is 3.14. The first-order valence-electron chi connectivity index (χ1n) is 6.49. The zero-order valence-electron chi connectivity index (χ0n) is 12.0. The molecular formula is C15H19N3O2. The SMILES string of the molecule is Cc1cc(C)cc(CNCc2cnn(C)c2C(=O)O)c1. The van der Waals surface area contributed by atoms with Gasteiger partial charge in [0.2, 0.25) is 0 Å². The van der Waals surface area contributed by atoms with Gasteiger partial charge >= 0.3 is 5.97 Å². The van der Waals surface area contributed by atoms with Crippen molar-refractivity contribution in [3.8, 4) is 0 Å². The van der Waals surface area contributed by atoms with Crippen molar-refractivity contribution in [1.29, 1.82) is 0 Å². The van der Waals surface area contributed by atoms with Crippen LogP contribution < -0.4 is 5.32 Å². The van der Waals surface area contributed by atoms with Crippen LogP contribution in [0, 0.1) is 13.8 Å². The van der Waals surface area contributed by atoms with Crippen LogP contribution in [0.15, 0.2) is 24.4 Å². The Morgan fingerprint density at radius 2 is 1.90 bits per heavy atom. The van der Waals surface area contributed by atoms with E-state index in [2.05, 4.69) is 42.5 Å². The lowest BCUT2D eigenvalue weighted by Gasteiger charge is -2.07. The number of hydrogen-bond donors (Lipinski definition) is 2. The van der Waals surface area contributed by atoms with Crippen LogP contribution in [0.1, 0.15) is 32.7 Å². The summed E-state index contributed by atoms with van der Waals surface area (Å²) in [5.74, 6) is -0.951. The number of aromatic nitrogens is 2. The highest BCUT2D eigenvalue weighted by molar-refractivity contribution is 5.87. The molecule has 20 heavy (non-hydrogen) atoms. The molecule has 1 aromatic carbocycles. The molecule has 2 N–H and O–H groups in total. The second-order valence-corrected chi connectivity index (χ2v) is 5.05. The highest BCUT2D eigenvalue weighted by Crippen LogP contribution is 2.10. The molecule has 0 radical (unpaired) electrons. The monoisotopic (exact) mass is 273 g/mol. The molecule has 0 aliphatic heterocycles. The van der Waals surface area contributed by atoms with Crippen molar-refractivity contribution in [2.75, 3.05) is 0 Å². The Labute approximate surface area is 118 Å². The van der Waals surface area contributed by atoms with E-state index in [9.17, 15) is 4.79 Å². The highest BCUT2D eigenvalue weighted by atomic mass is 16.4. The van der Waals surface area contributed by atoms with Gasteiger partial charge in [0.15, 0.2) is 0 Å². The molecular weight excluding hydrogens is 254 g/mol. The summed E-state index contributed by atoms with van der Waals surface area (Å²) in [7, 11) is 1.64. The largest absolute Gasteiger partial charge is 0.477 e. The fourth-order valence-electron chi connectivity index (χ4n) is 2.40. The van der Waals surface area contributed by atoms with Gasteiger partial charge in [-0.2, -0.15) is 5.10 Å². The number of nitrogens with one attached hydrogen (secondary N) is 1. The number of aromatic carboxylic acids is 1. The van der Waals surface area contributed by atoms with Gasteiger partial charge in [0.05, 0.1) is 6.20 Å². The normalized spacial score (nSPS) is 10.8. The summed E-state index contributed by atoms with van der Waals surface area (Å²) < 4.78 is 1.39. The van der Waals surface area contributed by atoms with Gasteiger partial charge in [0.25, 0.3) is 0 Å². The number of carbonyl (C=O) groups is 1. The van der Waals surface area contributed by atoms with Crippen LogP contribution in [-0.2, 0) is 20.1 Å². The van der Waals surface area contributed by atoms with Gasteiger partial charge < -0.3 is 10.4 Å². The van der Waals surface area contributed by atoms with Crippen LogP contribution in [-0.4, -0.2) is 20.9 Å². The first kappa shape index (κ1) is 14.3. The summed E-state index contributed by atoms with van der Waals surface area (Å²) in [4.78, 5) is 11.1. The zero-order valence-corrected chi connectivity index (χ0v) is 12.0. The molecule has 0 unspecified atom stereocenters. The van der Waals surface area contributed by atoms with E-state index in [-0.39, 0.29) is 5.69 Å². The van der Waals surface area contributed by atoms with E-state index in [1.807, 2.05) is 0 Å². The molecule has 0 amide bonds. The first-order valence-corrected chi connectivity index (χ1v) is 6.49. The summed E-state index contributed by atoms with van der Waals surface area (Å²) in [6.45, 7) is 5.33. The molecule has 106 valence electrons. The molecule has 2 rings (SSSR count). The Morgan fingerprint density at radius 1 is 1.25 bits per heavy atom. The van der Waals surface area contributed by atoms with E-state index < -0.39 is 5.97 Å². The number of rotatable bonds is 5. The minimum atomic E-state index is -0.951. The van der Waals surface area contributed by atoms with Crippen molar-refractivity contribution >= 4 is 5.97 Å². The Bertz CT molecular complexity index is 612. The number of nitrogens with zero attached hydrogens (tertiary/aromatic N) is 2. The summed E-state index contributed by atoms with van der Waals surface area (Å²) in [5.41, 5.74) is 4.59. The van der Waals surface area contributed by atoms with E-state index in [1.54, 1.807) is 13.2 Å². The van der Waals surface area contributed by atoms with Crippen molar-refractivity contribution in [3.05, 3.63) is 52.3 Å². The Morgan fingerprint density at radius 3 is 2.50 bits per heavy atom.